The number of ether oxygens (including phenoxy) is 1. The molecule has 0 aliphatic heterocycles. The molecule has 0 aliphatic carbocycles. The van der Waals surface area contributed by atoms with Crippen LogP contribution >= 0.6 is 11.3 Å². The van der Waals surface area contributed by atoms with Crippen LogP contribution in [0, 0.1) is 0 Å². The van der Waals surface area contributed by atoms with Gasteiger partial charge in [-0.3, -0.25) is 0 Å². The number of hydrogen-bond donors (Lipinski definition) is 1. The molecule has 1 aromatic heterocycles. The van der Waals surface area contributed by atoms with Crippen LogP contribution in [0.5, 0.6) is 0 Å². The molecular weight excluding hydrogens is 196 g/mol. The Hall–Kier alpha value is -0.450. The molecule has 0 bridgehead atoms. The summed E-state index contributed by atoms with van der Waals surface area (Å²) in [6.45, 7) is 5.98. The summed E-state index contributed by atoms with van der Waals surface area (Å²) in [5, 5.41) is 6.61. The molecule has 80 valence electrons. The van der Waals surface area contributed by atoms with Gasteiger partial charge in [-0.05, 0) is 19.9 Å². The van der Waals surface area contributed by atoms with Crippen LogP contribution in [0.4, 0.5) is 0 Å². The number of thiazole rings is 1. The molecule has 0 radical (unpaired) electrons. The molecule has 1 unspecified atom stereocenters. The average Bonchev–Trinajstić information content (AvgIpc) is 2.68. The zero-order valence-corrected chi connectivity index (χ0v) is 9.86. The molecule has 0 aromatic carbocycles. The molecule has 4 heteroatoms. The molecule has 1 N–H and O–H groups in total. The Morgan fingerprint density at radius 2 is 2.43 bits per heavy atom. The van der Waals surface area contributed by atoms with E-state index in [-0.39, 0.29) is 5.54 Å². The first-order chi connectivity index (χ1) is 6.73. The summed E-state index contributed by atoms with van der Waals surface area (Å²) in [6, 6.07) is 0. The lowest BCUT2D eigenvalue weighted by molar-refractivity contribution is 0.160. The number of hydrogen-bond acceptors (Lipinski definition) is 4. The zero-order chi connectivity index (χ0) is 10.4. The van der Waals surface area contributed by atoms with E-state index in [2.05, 4.69) is 24.1 Å². The van der Waals surface area contributed by atoms with E-state index in [9.17, 15) is 0 Å². The molecule has 0 spiro atoms. The average molecular weight is 214 g/mol. The Labute approximate surface area is 89.5 Å². The fourth-order valence-electron chi connectivity index (χ4n) is 1.46. The van der Waals surface area contributed by atoms with Crippen LogP contribution in [0.15, 0.2) is 11.6 Å². The van der Waals surface area contributed by atoms with Gasteiger partial charge in [-0.25, -0.2) is 4.98 Å². The van der Waals surface area contributed by atoms with E-state index in [1.54, 1.807) is 18.4 Å². The second kappa shape index (κ2) is 5.44. The Balaban J connectivity index is 2.70. The summed E-state index contributed by atoms with van der Waals surface area (Å²) in [7, 11) is 1.73. The lowest BCUT2D eigenvalue weighted by Gasteiger charge is -2.28. The van der Waals surface area contributed by atoms with E-state index < -0.39 is 0 Å². The first-order valence-corrected chi connectivity index (χ1v) is 5.75. The van der Waals surface area contributed by atoms with Gasteiger partial charge in [0.2, 0.25) is 0 Å². The van der Waals surface area contributed by atoms with Gasteiger partial charge in [0.05, 0.1) is 5.54 Å². The van der Waals surface area contributed by atoms with Crippen LogP contribution in [0.1, 0.15) is 25.3 Å². The number of rotatable bonds is 6. The van der Waals surface area contributed by atoms with E-state index in [0.29, 0.717) is 0 Å². The summed E-state index contributed by atoms with van der Waals surface area (Å²) < 4.78 is 5.12. The molecule has 0 amide bonds. The van der Waals surface area contributed by atoms with Gasteiger partial charge in [0.25, 0.3) is 0 Å². The Morgan fingerprint density at radius 3 is 2.93 bits per heavy atom. The lowest BCUT2D eigenvalue weighted by Crippen LogP contribution is -2.40. The summed E-state index contributed by atoms with van der Waals surface area (Å²) in [4.78, 5) is 4.36. The summed E-state index contributed by atoms with van der Waals surface area (Å²) in [5.74, 6) is 0. The topological polar surface area (TPSA) is 34.1 Å². The van der Waals surface area contributed by atoms with Crippen molar-refractivity contribution in [1.29, 1.82) is 0 Å². The molecule has 1 heterocycles. The number of nitrogens with zero attached hydrogens (tertiary/aromatic N) is 1. The maximum atomic E-state index is 5.12. The minimum Gasteiger partial charge on any atom is -0.385 e. The standard InChI is InChI=1S/C10H18N2OS/c1-4-12-10(2,5-7-13-3)9-11-6-8-14-9/h6,8,12H,4-5,7H2,1-3H3. The maximum absolute atomic E-state index is 5.12. The van der Waals surface area contributed by atoms with E-state index in [4.69, 9.17) is 4.74 Å². The first kappa shape index (κ1) is 11.6. The monoisotopic (exact) mass is 214 g/mol. The third-order valence-corrected chi connectivity index (χ3v) is 3.31. The van der Waals surface area contributed by atoms with Crippen molar-refractivity contribution >= 4 is 11.3 Å². The van der Waals surface area contributed by atoms with Crippen molar-refractivity contribution < 1.29 is 4.74 Å². The van der Waals surface area contributed by atoms with Crippen LogP contribution < -0.4 is 5.32 Å². The Kier molecular flexibility index (Phi) is 4.51. The van der Waals surface area contributed by atoms with Gasteiger partial charge in [-0.15, -0.1) is 11.3 Å². The van der Waals surface area contributed by atoms with Crippen molar-refractivity contribution in [2.45, 2.75) is 25.8 Å². The van der Waals surface area contributed by atoms with Crippen LogP contribution in [-0.4, -0.2) is 25.2 Å². The third kappa shape index (κ3) is 2.77. The van der Waals surface area contributed by atoms with Gasteiger partial charge in [0.15, 0.2) is 0 Å². The van der Waals surface area contributed by atoms with Crippen molar-refractivity contribution in [3.63, 3.8) is 0 Å². The molecule has 0 fully saturated rings. The highest BCUT2D eigenvalue weighted by molar-refractivity contribution is 7.09. The fourth-order valence-corrected chi connectivity index (χ4v) is 2.27. The second-order valence-corrected chi connectivity index (χ2v) is 4.34. The van der Waals surface area contributed by atoms with Crippen molar-refractivity contribution in [3.05, 3.63) is 16.6 Å². The molecule has 1 atom stereocenters. The van der Waals surface area contributed by atoms with Crippen LogP contribution in [0.2, 0.25) is 0 Å². The first-order valence-electron chi connectivity index (χ1n) is 4.87. The van der Waals surface area contributed by atoms with Crippen molar-refractivity contribution in [3.8, 4) is 0 Å². The molecule has 14 heavy (non-hydrogen) atoms. The normalized spacial score (nSPS) is 15.4. The van der Waals surface area contributed by atoms with Gasteiger partial charge in [-0.1, -0.05) is 6.92 Å². The highest BCUT2D eigenvalue weighted by Gasteiger charge is 2.27. The Bertz CT molecular complexity index is 251. The smallest absolute Gasteiger partial charge is 0.112 e. The van der Waals surface area contributed by atoms with Gasteiger partial charge < -0.3 is 10.1 Å². The highest BCUT2D eigenvalue weighted by atomic mass is 32.1. The summed E-state index contributed by atoms with van der Waals surface area (Å²) >= 11 is 1.69. The van der Waals surface area contributed by atoms with Crippen molar-refractivity contribution in [2.75, 3.05) is 20.3 Å². The van der Waals surface area contributed by atoms with E-state index >= 15 is 0 Å². The summed E-state index contributed by atoms with van der Waals surface area (Å²) in [6.07, 6.45) is 2.80. The molecular formula is C10H18N2OS. The Morgan fingerprint density at radius 1 is 1.64 bits per heavy atom. The number of aromatic nitrogens is 1. The van der Waals surface area contributed by atoms with Crippen LogP contribution in [0.25, 0.3) is 0 Å². The number of methoxy groups -OCH3 is 1. The maximum Gasteiger partial charge on any atom is 0.112 e. The van der Waals surface area contributed by atoms with Crippen LogP contribution in [0.3, 0.4) is 0 Å². The van der Waals surface area contributed by atoms with Gasteiger partial charge >= 0.3 is 0 Å². The van der Waals surface area contributed by atoms with Crippen molar-refractivity contribution in [2.24, 2.45) is 0 Å². The van der Waals surface area contributed by atoms with E-state index in [1.165, 1.54) is 0 Å². The number of nitrogens with one attached hydrogen (secondary N) is 1. The lowest BCUT2D eigenvalue weighted by atomic mass is 9.99. The third-order valence-electron chi connectivity index (χ3n) is 2.28. The highest BCUT2D eigenvalue weighted by Crippen LogP contribution is 2.26. The van der Waals surface area contributed by atoms with Crippen LogP contribution in [-0.2, 0) is 10.3 Å². The van der Waals surface area contributed by atoms with E-state index in [1.807, 2.05) is 11.6 Å². The van der Waals surface area contributed by atoms with Gasteiger partial charge in [-0.2, -0.15) is 0 Å². The second-order valence-electron chi connectivity index (χ2n) is 3.44. The molecule has 0 saturated heterocycles. The quantitative estimate of drug-likeness (QED) is 0.786. The molecule has 0 aliphatic rings. The molecule has 3 nitrogen and oxygen atoms in total. The predicted molar refractivity (Wildman–Crippen MR) is 59.6 cm³/mol. The molecule has 1 aromatic rings. The SMILES string of the molecule is CCNC(C)(CCOC)c1nccs1. The van der Waals surface area contributed by atoms with Gasteiger partial charge in [0, 0.05) is 25.3 Å². The minimum atomic E-state index is -0.0427. The van der Waals surface area contributed by atoms with Gasteiger partial charge in [0.1, 0.15) is 5.01 Å². The van der Waals surface area contributed by atoms with E-state index in [0.717, 1.165) is 24.6 Å². The minimum absolute atomic E-state index is 0.0427. The predicted octanol–water partition coefficient (Wildman–Crippen LogP) is 2.00. The largest absolute Gasteiger partial charge is 0.385 e. The zero-order valence-electron chi connectivity index (χ0n) is 9.04. The molecule has 0 saturated carbocycles. The fraction of sp³-hybridized carbons (Fsp3) is 0.700. The van der Waals surface area contributed by atoms with Crippen molar-refractivity contribution in [1.82, 2.24) is 10.3 Å². The summed E-state index contributed by atoms with van der Waals surface area (Å²) in [5.41, 5.74) is -0.0427. The molecule has 1 rings (SSSR count).